The van der Waals surface area contributed by atoms with Crippen molar-refractivity contribution < 1.29 is 9.47 Å². The molecule has 0 radical (unpaired) electrons. The van der Waals surface area contributed by atoms with E-state index in [4.69, 9.17) is 9.47 Å². The van der Waals surface area contributed by atoms with Gasteiger partial charge in [0.1, 0.15) is 5.75 Å². The Balaban J connectivity index is 0.000000214. The van der Waals surface area contributed by atoms with Gasteiger partial charge in [0.15, 0.2) is 0 Å². The minimum Gasteiger partial charge on any atom is -0.494 e. The van der Waals surface area contributed by atoms with Crippen LogP contribution in [0.5, 0.6) is 5.75 Å². The van der Waals surface area contributed by atoms with Crippen molar-refractivity contribution in [2.75, 3.05) is 19.8 Å². The summed E-state index contributed by atoms with van der Waals surface area (Å²) in [6, 6.07) is 62.8. The van der Waals surface area contributed by atoms with Crippen molar-refractivity contribution in [2.45, 2.75) is 156 Å². The topological polar surface area (TPSA) is 18.5 Å². The molecule has 7 aromatic rings. The van der Waals surface area contributed by atoms with E-state index in [2.05, 4.69) is 198 Å². The van der Waals surface area contributed by atoms with Crippen molar-refractivity contribution in [3.05, 3.63) is 198 Å². The van der Waals surface area contributed by atoms with Crippen LogP contribution in [0.1, 0.15) is 151 Å². The molecule has 8 rings (SSSR count). The second kappa shape index (κ2) is 31.1. The molecule has 0 aliphatic heterocycles. The predicted octanol–water partition coefficient (Wildman–Crippen LogP) is 20.2. The van der Waals surface area contributed by atoms with E-state index >= 15 is 0 Å². The lowest BCUT2D eigenvalue weighted by Crippen LogP contribution is -2.14. The summed E-state index contributed by atoms with van der Waals surface area (Å²) in [4.78, 5) is 0. The summed E-state index contributed by atoms with van der Waals surface area (Å²) in [5.41, 5.74) is 17.3. The summed E-state index contributed by atoms with van der Waals surface area (Å²) in [7, 11) is 0. The van der Waals surface area contributed by atoms with Gasteiger partial charge >= 0.3 is 0 Å². The lowest BCUT2D eigenvalue weighted by atomic mass is 9.80. The van der Waals surface area contributed by atoms with Crippen molar-refractivity contribution in [3.8, 4) is 50.3 Å². The third-order valence-electron chi connectivity index (χ3n) is 15.2. The van der Waals surface area contributed by atoms with Crippen LogP contribution in [-0.4, -0.2) is 19.8 Å². The fourth-order valence-corrected chi connectivity index (χ4v) is 10.2. The molecule has 0 spiro atoms. The minimum absolute atomic E-state index is 0.771. The molecular formula is C71H88O2. The molecule has 0 saturated heterocycles. The first-order chi connectivity index (χ1) is 35.9. The monoisotopic (exact) mass is 973 g/mol. The van der Waals surface area contributed by atoms with Gasteiger partial charge in [0.05, 0.1) is 6.61 Å². The maximum Gasteiger partial charge on any atom is 0.119 e. The van der Waals surface area contributed by atoms with E-state index in [-0.39, 0.29) is 0 Å². The summed E-state index contributed by atoms with van der Waals surface area (Å²) >= 11 is 0. The molecule has 0 atom stereocenters. The lowest BCUT2D eigenvalue weighted by Gasteiger charge is -2.26. The number of ether oxygens (including phenoxy) is 2. The highest BCUT2D eigenvalue weighted by Crippen LogP contribution is 2.32. The zero-order valence-corrected chi connectivity index (χ0v) is 45.4. The van der Waals surface area contributed by atoms with Crippen LogP contribution in [0, 0.1) is 18.8 Å². The summed E-state index contributed by atoms with van der Waals surface area (Å²) in [6.07, 6.45) is 25.4. The summed E-state index contributed by atoms with van der Waals surface area (Å²) in [5, 5.41) is 0. The first kappa shape index (κ1) is 55.1. The summed E-state index contributed by atoms with van der Waals surface area (Å²) in [6.45, 7) is 11.6. The van der Waals surface area contributed by atoms with Gasteiger partial charge in [0, 0.05) is 13.2 Å². The molecule has 2 nitrogen and oxygen atoms in total. The Morgan fingerprint density at radius 2 is 0.685 bits per heavy atom. The van der Waals surface area contributed by atoms with Gasteiger partial charge in [-0.25, -0.2) is 0 Å². The minimum atomic E-state index is 0.771. The standard InChI is InChI=1S/C36H48.C35H40O2/c1-3-4-5-6-9-31-20-24-35(25-21-31)36-26-22-32(23-27-36)11-8-7-10-30-16-18-34(19-17-30)28-33-14-12-29(2)13-15-33;1-3-4-25-36-26-7-5-6-8-27-37-35-23-21-34(22-24-35)33-19-17-32(18-20-33)31-15-13-30(14-16-31)29-11-9-28(2)10-12-29/h16-27,29,33H,3-15,28H2,1-2H3;9-24H,3-8,25-27H2,1-2H3. The first-order valence-corrected chi connectivity index (χ1v) is 28.8. The Labute approximate surface area is 443 Å². The van der Waals surface area contributed by atoms with E-state index in [1.807, 2.05) is 0 Å². The largest absolute Gasteiger partial charge is 0.494 e. The van der Waals surface area contributed by atoms with Crippen LogP contribution in [0.15, 0.2) is 170 Å². The third kappa shape index (κ3) is 19.3. The van der Waals surface area contributed by atoms with Crippen molar-refractivity contribution >= 4 is 0 Å². The van der Waals surface area contributed by atoms with Gasteiger partial charge in [-0.1, -0.05) is 229 Å². The van der Waals surface area contributed by atoms with Crippen molar-refractivity contribution in [1.29, 1.82) is 0 Å². The molecule has 0 N–H and O–H groups in total. The van der Waals surface area contributed by atoms with E-state index in [1.165, 1.54) is 182 Å². The van der Waals surface area contributed by atoms with Crippen LogP contribution >= 0.6 is 0 Å². The molecule has 1 aliphatic carbocycles. The number of aryl methyl sites for hydroxylation is 4. The van der Waals surface area contributed by atoms with Crippen molar-refractivity contribution in [3.63, 3.8) is 0 Å². The molecule has 0 heterocycles. The van der Waals surface area contributed by atoms with E-state index in [0.29, 0.717) is 0 Å². The van der Waals surface area contributed by atoms with E-state index < -0.39 is 0 Å². The molecule has 0 amide bonds. The fourth-order valence-electron chi connectivity index (χ4n) is 10.2. The average Bonchev–Trinajstić information content (AvgIpc) is 3.44. The lowest BCUT2D eigenvalue weighted by molar-refractivity contribution is 0.126. The molecule has 1 saturated carbocycles. The molecule has 0 bridgehead atoms. The Morgan fingerprint density at radius 1 is 0.342 bits per heavy atom. The molecular weight excluding hydrogens is 885 g/mol. The van der Waals surface area contributed by atoms with Gasteiger partial charge in [0.2, 0.25) is 0 Å². The van der Waals surface area contributed by atoms with E-state index in [0.717, 1.165) is 50.2 Å². The molecule has 0 aromatic heterocycles. The number of hydrogen-bond acceptors (Lipinski definition) is 2. The van der Waals surface area contributed by atoms with Crippen LogP contribution in [-0.2, 0) is 30.4 Å². The number of rotatable bonds is 27. The second-order valence-electron chi connectivity index (χ2n) is 21.3. The van der Waals surface area contributed by atoms with Crippen molar-refractivity contribution in [1.82, 2.24) is 0 Å². The molecule has 1 fully saturated rings. The molecule has 73 heavy (non-hydrogen) atoms. The Morgan fingerprint density at radius 3 is 1.14 bits per heavy atom. The van der Waals surface area contributed by atoms with Crippen LogP contribution in [0.25, 0.3) is 44.5 Å². The quantitative estimate of drug-likeness (QED) is 0.0478. The molecule has 0 unspecified atom stereocenters. The second-order valence-corrected chi connectivity index (χ2v) is 21.3. The first-order valence-electron chi connectivity index (χ1n) is 28.8. The number of unbranched alkanes of at least 4 members (excludes halogenated alkanes) is 8. The summed E-state index contributed by atoms with van der Waals surface area (Å²) in [5.74, 6) is 2.80. The van der Waals surface area contributed by atoms with Crippen LogP contribution in [0.4, 0.5) is 0 Å². The maximum atomic E-state index is 5.95. The molecule has 2 heteroatoms. The average molecular weight is 973 g/mol. The Kier molecular flexibility index (Phi) is 23.5. The molecule has 7 aromatic carbocycles. The molecule has 1 aliphatic rings. The maximum absolute atomic E-state index is 5.95. The van der Waals surface area contributed by atoms with Gasteiger partial charge in [-0.2, -0.15) is 0 Å². The smallest absolute Gasteiger partial charge is 0.119 e. The van der Waals surface area contributed by atoms with Crippen LogP contribution < -0.4 is 4.74 Å². The highest BCUT2D eigenvalue weighted by molar-refractivity contribution is 5.73. The Hall–Kier alpha value is -5.70. The highest BCUT2D eigenvalue weighted by atomic mass is 16.5. The predicted molar refractivity (Wildman–Crippen MR) is 315 cm³/mol. The number of hydrogen-bond donors (Lipinski definition) is 0. The SMILES string of the molecule is CCCCCCc1ccc(-c2ccc(CCCCc3ccc(CC4CCC(C)CC4)cc3)cc2)cc1.CCCCOCCCCCCOc1ccc(-c2ccc(-c3ccc(-c4ccc(C)cc4)cc3)cc2)cc1. The van der Waals surface area contributed by atoms with Gasteiger partial charge in [-0.15, -0.1) is 0 Å². The van der Waals surface area contributed by atoms with Gasteiger partial charge in [-0.3, -0.25) is 0 Å². The molecule has 384 valence electrons. The van der Waals surface area contributed by atoms with E-state index in [1.54, 1.807) is 5.56 Å². The zero-order chi connectivity index (χ0) is 50.7. The Bertz CT molecular complexity index is 2530. The van der Waals surface area contributed by atoms with Gasteiger partial charge in [0.25, 0.3) is 0 Å². The fraction of sp³-hybridized carbons (Fsp3) is 0.408. The van der Waals surface area contributed by atoms with Gasteiger partial charge in [-0.05, 0) is 181 Å². The highest BCUT2D eigenvalue weighted by Gasteiger charge is 2.18. The van der Waals surface area contributed by atoms with Crippen LogP contribution in [0.3, 0.4) is 0 Å². The van der Waals surface area contributed by atoms with E-state index in [9.17, 15) is 0 Å². The normalized spacial score (nSPS) is 14.4. The zero-order valence-electron chi connectivity index (χ0n) is 45.4. The van der Waals surface area contributed by atoms with Crippen LogP contribution in [0.2, 0.25) is 0 Å². The third-order valence-corrected chi connectivity index (χ3v) is 15.2. The summed E-state index contributed by atoms with van der Waals surface area (Å²) < 4.78 is 11.6. The van der Waals surface area contributed by atoms with Gasteiger partial charge < -0.3 is 9.47 Å². The van der Waals surface area contributed by atoms with Crippen molar-refractivity contribution in [2.24, 2.45) is 11.8 Å². The number of benzene rings is 7.